The first-order valence-corrected chi connectivity index (χ1v) is 12.3. The number of benzene rings is 1. The maximum atomic E-state index is 11.2. The van der Waals surface area contributed by atoms with Gasteiger partial charge in [-0.1, -0.05) is 59.9 Å². The highest BCUT2D eigenvalue weighted by molar-refractivity contribution is 6.94. The van der Waals surface area contributed by atoms with Gasteiger partial charge in [-0.25, -0.2) is 0 Å². The first-order chi connectivity index (χ1) is 11.8. The summed E-state index contributed by atoms with van der Waals surface area (Å²) >= 11 is 0. The van der Waals surface area contributed by atoms with E-state index in [0.29, 0.717) is 12.3 Å². The molecule has 0 N–H and O–H groups in total. The minimum atomic E-state index is -1.68. The summed E-state index contributed by atoms with van der Waals surface area (Å²) < 4.78 is 11.9. The number of allylic oxidation sites excluding steroid dienone is 1. The number of ether oxygens (including phenoxy) is 2. The van der Waals surface area contributed by atoms with E-state index in [9.17, 15) is 4.79 Å². The number of rotatable bonds is 4. The average Bonchev–Trinajstić information content (AvgIpc) is 2.89. The molecule has 1 saturated heterocycles. The molecule has 0 aromatic heterocycles. The summed E-state index contributed by atoms with van der Waals surface area (Å²) in [6, 6.07) is 10.8. The monoisotopic (exact) mass is 358 g/mol. The minimum absolute atomic E-state index is 0.0379. The molecular formula is C21H30O3Si. The third-order valence-corrected chi connectivity index (χ3v) is 8.59. The van der Waals surface area contributed by atoms with Gasteiger partial charge in [-0.15, -0.1) is 0 Å². The Morgan fingerprint density at radius 2 is 1.80 bits per heavy atom. The van der Waals surface area contributed by atoms with Crippen molar-refractivity contribution < 1.29 is 14.3 Å². The van der Waals surface area contributed by atoms with Crippen molar-refractivity contribution in [1.29, 1.82) is 0 Å². The fourth-order valence-corrected chi connectivity index (χ4v) is 6.68. The lowest BCUT2D eigenvalue weighted by Gasteiger charge is -2.41. The van der Waals surface area contributed by atoms with Crippen molar-refractivity contribution in [3.05, 3.63) is 41.6 Å². The number of aldehydes is 1. The predicted molar refractivity (Wildman–Crippen MR) is 103 cm³/mol. The third kappa shape index (κ3) is 4.13. The van der Waals surface area contributed by atoms with Crippen LogP contribution in [0, 0.1) is 11.3 Å². The van der Waals surface area contributed by atoms with E-state index in [0.717, 1.165) is 32.3 Å². The van der Waals surface area contributed by atoms with Crippen LogP contribution in [0.3, 0.4) is 0 Å². The fourth-order valence-electron chi connectivity index (χ4n) is 4.19. The van der Waals surface area contributed by atoms with Crippen molar-refractivity contribution in [1.82, 2.24) is 0 Å². The molecule has 1 atom stereocenters. The second-order valence-electron chi connectivity index (χ2n) is 8.76. The standard InChI is InChI=1S/C21H30O3Si/c1-20(2)23-15-21(16-24-20)12-17(10-11-22)18(13-21)14-25(3,4)19-8-6-5-7-9-19/h5-9,11,14,17H,10,12-13,15-16H2,1-4H3/b18-14+. The smallest absolute Gasteiger partial charge is 0.162 e. The quantitative estimate of drug-likeness (QED) is 0.606. The van der Waals surface area contributed by atoms with Crippen LogP contribution < -0.4 is 5.19 Å². The summed E-state index contributed by atoms with van der Waals surface area (Å²) in [5.74, 6) is -0.156. The normalized spacial score (nSPS) is 26.9. The molecule has 0 bridgehead atoms. The lowest BCUT2D eigenvalue weighted by molar-refractivity contribution is -0.284. The van der Waals surface area contributed by atoms with E-state index in [1.165, 1.54) is 10.8 Å². The number of carbonyl (C=O) groups excluding carboxylic acids is 1. The van der Waals surface area contributed by atoms with Crippen molar-refractivity contribution in [2.75, 3.05) is 13.2 Å². The van der Waals surface area contributed by atoms with Crippen LogP contribution in [0.5, 0.6) is 0 Å². The van der Waals surface area contributed by atoms with Crippen LogP contribution in [0.25, 0.3) is 0 Å². The predicted octanol–water partition coefficient (Wildman–Crippen LogP) is 3.84. The molecule has 2 fully saturated rings. The van der Waals surface area contributed by atoms with E-state index in [2.05, 4.69) is 49.1 Å². The van der Waals surface area contributed by atoms with E-state index in [1.807, 2.05) is 13.8 Å². The summed E-state index contributed by atoms with van der Waals surface area (Å²) in [7, 11) is -1.68. The third-order valence-electron chi connectivity index (χ3n) is 5.68. The highest BCUT2D eigenvalue weighted by Crippen LogP contribution is 2.50. The van der Waals surface area contributed by atoms with Crippen LogP contribution in [-0.4, -0.2) is 33.4 Å². The second kappa shape index (κ2) is 6.82. The lowest BCUT2D eigenvalue weighted by Crippen LogP contribution is -2.45. The summed E-state index contributed by atoms with van der Waals surface area (Å²) in [5.41, 5.74) is 4.00. The molecule has 1 aromatic rings. The average molecular weight is 359 g/mol. The molecule has 136 valence electrons. The van der Waals surface area contributed by atoms with E-state index < -0.39 is 13.9 Å². The van der Waals surface area contributed by atoms with Crippen molar-refractivity contribution in [2.24, 2.45) is 11.3 Å². The summed E-state index contributed by atoms with van der Waals surface area (Å²) in [6.45, 7) is 10.2. The Labute approximate surface area is 152 Å². The molecule has 3 nitrogen and oxygen atoms in total. The number of hydrogen-bond donors (Lipinski definition) is 0. The van der Waals surface area contributed by atoms with Gasteiger partial charge in [-0.05, 0) is 32.6 Å². The minimum Gasteiger partial charge on any atom is -0.350 e. The topological polar surface area (TPSA) is 35.5 Å². The molecule has 3 rings (SSSR count). The van der Waals surface area contributed by atoms with E-state index in [4.69, 9.17) is 9.47 Å². The van der Waals surface area contributed by atoms with Crippen molar-refractivity contribution in [2.45, 2.75) is 52.0 Å². The van der Waals surface area contributed by atoms with Crippen LogP contribution in [0.1, 0.15) is 33.1 Å². The number of hydrogen-bond acceptors (Lipinski definition) is 3. The van der Waals surface area contributed by atoms with Gasteiger partial charge in [0.2, 0.25) is 0 Å². The first kappa shape index (κ1) is 18.6. The highest BCUT2D eigenvalue weighted by Gasteiger charge is 2.47. The van der Waals surface area contributed by atoms with Gasteiger partial charge in [0.05, 0.1) is 13.2 Å². The van der Waals surface area contributed by atoms with Crippen LogP contribution >= 0.6 is 0 Å². The molecule has 1 aromatic carbocycles. The molecule has 1 spiro atoms. The molecule has 25 heavy (non-hydrogen) atoms. The van der Waals surface area contributed by atoms with Crippen LogP contribution in [-0.2, 0) is 14.3 Å². The zero-order chi connectivity index (χ0) is 18.1. The van der Waals surface area contributed by atoms with Gasteiger partial charge in [0, 0.05) is 11.8 Å². The zero-order valence-electron chi connectivity index (χ0n) is 15.9. The maximum absolute atomic E-state index is 11.2. The van der Waals surface area contributed by atoms with Gasteiger partial charge < -0.3 is 14.3 Å². The van der Waals surface area contributed by atoms with E-state index >= 15 is 0 Å². The Morgan fingerprint density at radius 3 is 2.40 bits per heavy atom. The van der Waals surface area contributed by atoms with Gasteiger partial charge in [0.15, 0.2) is 5.79 Å². The van der Waals surface area contributed by atoms with E-state index in [-0.39, 0.29) is 5.41 Å². The van der Waals surface area contributed by atoms with Crippen molar-refractivity contribution in [3.63, 3.8) is 0 Å². The lowest BCUT2D eigenvalue weighted by atomic mass is 9.85. The summed E-state index contributed by atoms with van der Waals surface area (Å²) in [5, 5.41) is 1.44. The second-order valence-corrected chi connectivity index (χ2v) is 13.1. The van der Waals surface area contributed by atoms with E-state index in [1.54, 1.807) is 0 Å². The molecular weight excluding hydrogens is 328 g/mol. The zero-order valence-corrected chi connectivity index (χ0v) is 16.9. The molecule has 2 aliphatic rings. The maximum Gasteiger partial charge on any atom is 0.162 e. The van der Waals surface area contributed by atoms with Crippen LogP contribution in [0.4, 0.5) is 0 Å². The highest BCUT2D eigenvalue weighted by atomic mass is 28.3. The molecule has 1 heterocycles. The van der Waals surface area contributed by atoms with Gasteiger partial charge >= 0.3 is 0 Å². The van der Waals surface area contributed by atoms with Gasteiger partial charge in [0.1, 0.15) is 14.4 Å². The molecule has 0 radical (unpaired) electrons. The van der Waals surface area contributed by atoms with Crippen LogP contribution in [0.2, 0.25) is 13.1 Å². The molecule has 1 aliphatic heterocycles. The number of carbonyl (C=O) groups is 1. The summed E-state index contributed by atoms with van der Waals surface area (Å²) in [4.78, 5) is 11.2. The van der Waals surface area contributed by atoms with Crippen molar-refractivity contribution >= 4 is 19.5 Å². The first-order valence-electron chi connectivity index (χ1n) is 9.24. The summed E-state index contributed by atoms with van der Waals surface area (Å²) in [6.07, 6.45) is 3.66. The van der Waals surface area contributed by atoms with Gasteiger partial charge in [-0.2, -0.15) is 0 Å². The van der Waals surface area contributed by atoms with Crippen molar-refractivity contribution in [3.8, 4) is 0 Å². The molecule has 1 aliphatic carbocycles. The van der Waals surface area contributed by atoms with Crippen LogP contribution in [0.15, 0.2) is 41.6 Å². The Kier molecular flexibility index (Phi) is 5.06. The Balaban J connectivity index is 1.85. The van der Waals surface area contributed by atoms with Gasteiger partial charge in [0.25, 0.3) is 0 Å². The Bertz CT molecular complexity index is 638. The SMILES string of the molecule is CC1(C)OCC2(CO1)C/C(=C\[Si](C)(C)c1ccccc1)C(CC=O)C2. The molecule has 0 amide bonds. The molecule has 1 unspecified atom stereocenters. The Hall–Kier alpha value is -1.23. The largest absolute Gasteiger partial charge is 0.350 e. The Morgan fingerprint density at radius 1 is 1.16 bits per heavy atom. The molecule has 4 heteroatoms. The van der Waals surface area contributed by atoms with Gasteiger partial charge in [-0.3, -0.25) is 0 Å². The molecule has 1 saturated carbocycles. The fraction of sp³-hybridized carbons (Fsp3) is 0.571.